The molecule has 12 heteroatoms. The van der Waals surface area contributed by atoms with Crippen molar-refractivity contribution in [1.29, 1.82) is 0 Å². The highest BCUT2D eigenvalue weighted by Crippen LogP contribution is 2.36. The van der Waals surface area contributed by atoms with Gasteiger partial charge < -0.3 is 18.4 Å². The molecular formula is C28H39N3O7S2. The first kappa shape index (κ1) is 30.3. The molecule has 1 saturated heterocycles. The lowest BCUT2D eigenvalue weighted by Gasteiger charge is -2.23. The van der Waals surface area contributed by atoms with Gasteiger partial charge in [0.2, 0.25) is 0 Å². The summed E-state index contributed by atoms with van der Waals surface area (Å²) in [6.45, 7) is 4.97. The van der Waals surface area contributed by atoms with E-state index in [0.717, 1.165) is 47.7 Å². The highest BCUT2D eigenvalue weighted by Gasteiger charge is 2.23. The van der Waals surface area contributed by atoms with E-state index >= 15 is 0 Å². The molecule has 220 valence electrons. The van der Waals surface area contributed by atoms with E-state index in [1.54, 1.807) is 19.3 Å². The van der Waals surface area contributed by atoms with Gasteiger partial charge >= 0.3 is 0 Å². The number of nitrogens with zero attached hydrogens (tertiary/aromatic N) is 3. The fourth-order valence-electron chi connectivity index (χ4n) is 4.48. The van der Waals surface area contributed by atoms with E-state index in [9.17, 15) is 8.42 Å². The van der Waals surface area contributed by atoms with Crippen LogP contribution in [0.3, 0.4) is 0 Å². The maximum atomic E-state index is 11.2. The van der Waals surface area contributed by atoms with Gasteiger partial charge in [0.05, 0.1) is 30.7 Å². The monoisotopic (exact) mass is 593 g/mol. The molecule has 3 atom stereocenters. The van der Waals surface area contributed by atoms with Crippen LogP contribution < -0.4 is 8.92 Å². The molecule has 0 aliphatic carbocycles. The van der Waals surface area contributed by atoms with E-state index < -0.39 is 25.7 Å². The van der Waals surface area contributed by atoms with Gasteiger partial charge in [-0.25, -0.2) is 4.68 Å². The summed E-state index contributed by atoms with van der Waals surface area (Å²) in [5.74, 6) is 9.34. The van der Waals surface area contributed by atoms with Crippen molar-refractivity contribution in [2.24, 2.45) is 0 Å². The molecule has 0 N–H and O–H groups in total. The van der Waals surface area contributed by atoms with Gasteiger partial charge in [-0.1, -0.05) is 9.49 Å². The molecule has 1 aliphatic heterocycles. The molecule has 3 heterocycles. The Morgan fingerprint density at radius 1 is 1.10 bits per heavy atom. The summed E-state index contributed by atoms with van der Waals surface area (Å²) in [7, 11) is -5.20. The van der Waals surface area contributed by atoms with Gasteiger partial charge in [-0.3, -0.25) is 9.17 Å². The zero-order valence-electron chi connectivity index (χ0n) is 23.6. The molecule has 0 radical (unpaired) electrons. The van der Waals surface area contributed by atoms with Gasteiger partial charge in [0.15, 0.2) is 6.23 Å². The van der Waals surface area contributed by atoms with E-state index in [0.29, 0.717) is 37.7 Å². The number of pyridine rings is 1. The van der Waals surface area contributed by atoms with E-state index in [-0.39, 0.29) is 12.3 Å². The Labute approximate surface area is 237 Å². The van der Waals surface area contributed by atoms with Gasteiger partial charge in [0.1, 0.15) is 23.3 Å². The molecule has 1 aliphatic rings. The van der Waals surface area contributed by atoms with Crippen molar-refractivity contribution in [2.75, 3.05) is 32.3 Å². The molecule has 0 bridgehead atoms. The average molecular weight is 594 g/mol. The number of aromatic nitrogens is 3. The van der Waals surface area contributed by atoms with Crippen LogP contribution in [0, 0.1) is 0 Å². The van der Waals surface area contributed by atoms with Gasteiger partial charge in [0, 0.05) is 36.6 Å². The van der Waals surface area contributed by atoms with Crippen LogP contribution in [0.2, 0.25) is 0 Å². The Hall–Kier alpha value is -2.64. The van der Waals surface area contributed by atoms with Crippen LogP contribution in [0.5, 0.6) is 11.5 Å². The van der Waals surface area contributed by atoms with Gasteiger partial charge in [-0.2, -0.15) is 13.5 Å². The molecule has 0 saturated carbocycles. The zero-order valence-corrected chi connectivity index (χ0v) is 25.2. The third-order valence-corrected chi connectivity index (χ3v) is 7.36. The van der Waals surface area contributed by atoms with E-state index in [4.69, 9.17) is 27.7 Å². The average Bonchev–Trinajstić information content (AvgIpc) is 3.24. The first-order chi connectivity index (χ1) is 18.9. The predicted molar refractivity (Wildman–Crippen MR) is 161 cm³/mol. The molecule has 10 nitrogen and oxygen atoms in total. The maximum Gasteiger partial charge on any atom is 0.264 e. The fraction of sp³-hybridized carbons (Fsp3) is 0.500. The second kappa shape index (κ2) is 12.9. The molecule has 40 heavy (non-hydrogen) atoms. The Morgan fingerprint density at radius 3 is 2.60 bits per heavy atom. The number of benzene rings is 1. The standard InChI is InChI=1S/C28H39N3O7S2/c1-20(37-40(6,32)33)12-14-34-19-21(2)36-24-15-22(17-29-18-24)28-25-16-23(38-39(3,4)5)10-11-26(25)31(30-28)27-9-7-8-13-35-27/h10-11,15-18,20-21,27H,3-4,7-9,12-14,19H2,1-2,5-6H3/t20-,21+,27?/m1/s1. The van der Waals surface area contributed by atoms with Crippen LogP contribution in [0.15, 0.2) is 36.7 Å². The van der Waals surface area contributed by atoms with Crippen LogP contribution >= 0.6 is 9.49 Å². The fourth-order valence-corrected chi connectivity index (χ4v) is 5.74. The third kappa shape index (κ3) is 8.68. The van der Waals surface area contributed by atoms with Gasteiger partial charge in [-0.15, -0.1) is 0 Å². The SMILES string of the molecule is C=S(=C)(C)Oc1ccc2c(c1)c(-c1cncc(O[C@@H](C)COCC[C@@H](C)OS(C)(=O)=O)c1)nn2C1CCCCO1. The van der Waals surface area contributed by atoms with E-state index in [1.165, 1.54) is 0 Å². The summed E-state index contributed by atoms with van der Waals surface area (Å²) in [5.41, 5.74) is 2.50. The summed E-state index contributed by atoms with van der Waals surface area (Å²) in [6, 6.07) is 7.80. The summed E-state index contributed by atoms with van der Waals surface area (Å²) >= 11 is 0. The Bertz CT molecular complexity index is 1510. The molecule has 0 spiro atoms. The van der Waals surface area contributed by atoms with E-state index in [1.807, 2.05) is 42.1 Å². The number of fused-ring (bicyclic) bond motifs is 1. The number of rotatable bonds is 13. The molecule has 4 rings (SSSR count). The lowest BCUT2D eigenvalue weighted by atomic mass is 10.1. The Morgan fingerprint density at radius 2 is 1.90 bits per heavy atom. The molecule has 1 aromatic carbocycles. The minimum atomic E-state index is -3.49. The van der Waals surface area contributed by atoms with Crippen LogP contribution in [0.25, 0.3) is 22.2 Å². The van der Waals surface area contributed by atoms with Crippen molar-refractivity contribution in [1.82, 2.24) is 14.8 Å². The topological polar surface area (TPSA) is 111 Å². The van der Waals surface area contributed by atoms with Crippen molar-refractivity contribution in [2.45, 2.75) is 58.0 Å². The van der Waals surface area contributed by atoms with Crippen molar-refractivity contribution in [3.8, 4) is 22.8 Å². The van der Waals surface area contributed by atoms with Gasteiger partial charge in [0.25, 0.3) is 10.1 Å². The van der Waals surface area contributed by atoms with E-state index in [2.05, 4.69) is 16.7 Å². The lowest BCUT2D eigenvalue weighted by Crippen LogP contribution is -2.21. The van der Waals surface area contributed by atoms with Crippen LogP contribution in [0.4, 0.5) is 0 Å². The van der Waals surface area contributed by atoms with Crippen molar-refractivity contribution in [3.05, 3.63) is 36.7 Å². The Kier molecular flexibility index (Phi) is 9.78. The largest absolute Gasteiger partial charge is 0.487 e. The summed E-state index contributed by atoms with van der Waals surface area (Å²) in [6.07, 6.45) is 8.96. The normalized spacial score (nSPS) is 17.9. The first-order valence-electron chi connectivity index (χ1n) is 13.2. The number of ether oxygens (including phenoxy) is 3. The maximum absolute atomic E-state index is 11.2. The minimum absolute atomic E-state index is 0.136. The van der Waals surface area contributed by atoms with Crippen LogP contribution in [0.1, 0.15) is 45.8 Å². The second-order valence-electron chi connectivity index (χ2n) is 10.4. The lowest BCUT2D eigenvalue weighted by molar-refractivity contribution is -0.0365. The zero-order chi connectivity index (χ0) is 28.9. The smallest absolute Gasteiger partial charge is 0.264 e. The predicted octanol–water partition coefficient (Wildman–Crippen LogP) is 4.93. The third-order valence-electron chi connectivity index (χ3n) is 6.09. The molecule has 1 unspecified atom stereocenters. The number of hydrogen-bond donors (Lipinski definition) is 0. The summed E-state index contributed by atoms with van der Waals surface area (Å²) in [5, 5.41) is 5.89. The van der Waals surface area contributed by atoms with Crippen molar-refractivity contribution < 1.29 is 31.0 Å². The molecule has 1 fully saturated rings. The van der Waals surface area contributed by atoms with Gasteiger partial charge in [-0.05, 0) is 75.5 Å². The summed E-state index contributed by atoms with van der Waals surface area (Å²) in [4.78, 5) is 4.41. The second-order valence-corrected chi connectivity index (χ2v) is 14.5. The molecule has 0 amide bonds. The molecule has 3 aromatic rings. The minimum Gasteiger partial charge on any atom is -0.487 e. The quantitative estimate of drug-likeness (QED) is 0.155. The molecule has 2 aromatic heterocycles. The molecular weight excluding hydrogens is 554 g/mol. The first-order valence-corrected chi connectivity index (χ1v) is 17.4. The highest BCUT2D eigenvalue weighted by atomic mass is 32.2. The van der Waals surface area contributed by atoms with Crippen LogP contribution in [-0.4, -0.2) is 79.5 Å². The van der Waals surface area contributed by atoms with Crippen molar-refractivity contribution in [3.63, 3.8) is 0 Å². The number of hydrogen-bond acceptors (Lipinski definition) is 9. The highest BCUT2D eigenvalue weighted by molar-refractivity contribution is 8.23. The van der Waals surface area contributed by atoms with Crippen molar-refractivity contribution >= 4 is 42.2 Å². The summed E-state index contributed by atoms with van der Waals surface area (Å²) < 4.78 is 53.2. The Balaban J connectivity index is 1.51. The van der Waals surface area contributed by atoms with Crippen LogP contribution in [-0.2, 0) is 23.8 Å².